The Hall–Kier alpha value is -2.03. The summed E-state index contributed by atoms with van der Waals surface area (Å²) in [6.45, 7) is 16.9. The van der Waals surface area contributed by atoms with E-state index in [2.05, 4.69) is 128 Å². The Bertz CT molecular complexity index is 1710. The second kappa shape index (κ2) is 15.0. The topological polar surface area (TPSA) is 35.5 Å². The number of fused-ring (bicyclic) bond motifs is 2. The van der Waals surface area contributed by atoms with Crippen molar-refractivity contribution in [1.82, 2.24) is 10.2 Å². The van der Waals surface area contributed by atoms with E-state index < -0.39 is 13.7 Å². The van der Waals surface area contributed by atoms with Crippen molar-refractivity contribution < 1.29 is 5.11 Å². The van der Waals surface area contributed by atoms with Gasteiger partial charge in [0.2, 0.25) is 0 Å². The number of benzene rings is 3. The van der Waals surface area contributed by atoms with Gasteiger partial charge in [0.15, 0.2) is 0 Å². The Morgan fingerprint density at radius 1 is 0.957 bits per heavy atom. The van der Waals surface area contributed by atoms with E-state index >= 15 is 0 Å². The molecule has 0 radical (unpaired) electrons. The van der Waals surface area contributed by atoms with Gasteiger partial charge in [-0.15, -0.1) is 35.1 Å². The Labute approximate surface area is 291 Å². The van der Waals surface area contributed by atoms with Crippen molar-refractivity contribution in [3.05, 3.63) is 101 Å². The third-order valence-corrected chi connectivity index (χ3v) is 15.9. The number of aliphatic hydroxyl groups is 1. The zero-order valence-corrected chi connectivity index (χ0v) is 31.5. The maximum atomic E-state index is 11.8. The lowest BCUT2D eigenvalue weighted by atomic mass is 9.76. The number of hydrogen-bond acceptors (Lipinski definition) is 5. The van der Waals surface area contributed by atoms with Gasteiger partial charge < -0.3 is 10.4 Å². The molecule has 2 unspecified atom stereocenters. The van der Waals surface area contributed by atoms with Crippen LogP contribution in [0, 0.1) is 11.8 Å². The fraction of sp³-hybridized carbons (Fsp3) is 0.436. The lowest BCUT2D eigenvalue weighted by Gasteiger charge is -2.44. The van der Waals surface area contributed by atoms with Crippen LogP contribution < -0.4 is 9.82 Å². The van der Waals surface area contributed by atoms with E-state index in [1.54, 1.807) is 5.56 Å². The minimum Gasteiger partial charge on any atom is -0.385 e. The highest BCUT2D eigenvalue weighted by atomic mass is 35.5. The second-order valence-electron chi connectivity index (χ2n) is 14.3. The summed E-state index contributed by atoms with van der Waals surface area (Å²) < 4.78 is 4.33. The molecule has 2 saturated heterocycles. The zero-order valence-electron chi connectivity index (χ0n) is 28.1. The molecule has 0 amide bonds. The number of likely N-dealkylation sites (tertiary alicyclic amines) is 1. The van der Waals surface area contributed by atoms with Gasteiger partial charge in [0, 0.05) is 40.5 Å². The summed E-state index contributed by atoms with van der Waals surface area (Å²) >= 11 is 3.82. The number of halogens is 1. The Morgan fingerprint density at radius 2 is 1.72 bits per heavy atom. The number of piperidine rings is 2. The van der Waals surface area contributed by atoms with Crippen molar-refractivity contribution in [3.8, 4) is 0 Å². The first-order valence-electron chi connectivity index (χ1n) is 16.9. The molecule has 2 N–H and O–H groups in total. The number of nitrogens with one attached hydrogen (secondary N) is 1. The Kier molecular flexibility index (Phi) is 11.5. The molecule has 246 valence electrons. The average Bonchev–Trinajstić information content (AvgIpc) is 3.71. The van der Waals surface area contributed by atoms with E-state index in [4.69, 9.17) is 0 Å². The Balaban J connectivity index is 0.000000198. The van der Waals surface area contributed by atoms with Crippen molar-refractivity contribution in [1.29, 1.82) is 0 Å². The van der Waals surface area contributed by atoms with Gasteiger partial charge in [0.25, 0.3) is 0 Å². The summed E-state index contributed by atoms with van der Waals surface area (Å²) in [5.74, 6) is 1.76. The van der Waals surface area contributed by atoms with Crippen molar-refractivity contribution in [3.63, 3.8) is 0 Å². The molecule has 2 fully saturated rings. The van der Waals surface area contributed by atoms with Gasteiger partial charge in [-0.1, -0.05) is 107 Å². The van der Waals surface area contributed by atoms with Crippen LogP contribution in [0.4, 0.5) is 0 Å². The van der Waals surface area contributed by atoms with Crippen molar-refractivity contribution >= 4 is 67.8 Å². The molecule has 4 heterocycles. The predicted molar refractivity (Wildman–Crippen MR) is 207 cm³/mol. The van der Waals surface area contributed by atoms with Crippen LogP contribution in [-0.2, 0) is 12.1 Å². The summed E-state index contributed by atoms with van der Waals surface area (Å²) in [5, 5.41) is 20.3. The number of thiophene rings is 2. The van der Waals surface area contributed by atoms with Gasteiger partial charge in [0.05, 0.1) is 13.7 Å². The van der Waals surface area contributed by atoms with Gasteiger partial charge in [0.1, 0.15) is 0 Å². The third-order valence-electron chi connectivity index (χ3n) is 10.2. The van der Waals surface area contributed by atoms with E-state index in [0.717, 1.165) is 43.5 Å². The smallest absolute Gasteiger partial charge is 0.0960 e. The van der Waals surface area contributed by atoms with Crippen LogP contribution in [0.25, 0.3) is 20.2 Å². The van der Waals surface area contributed by atoms with Crippen molar-refractivity contribution in [2.45, 2.75) is 70.8 Å². The van der Waals surface area contributed by atoms with Crippen LogP contribution in [0.2, 0.25) is 19.6 Å². The normalized spacial score (nSPS) is 23.9. The lowest BCUT2D eigenvalue weighted by Crippen LogP contribution is -2.48. The van der Waals surface area contributed by atoms with Gasteiger partial charge in [-0.3, -0.25) is 4.90 Å². The largest absolute Gasteiger partial charge is 0.385 e. The Morgan fingerprint density at radius 3 is 2.46 bits per heavy atom. The maximum absolute atomic E-state index is 11.8. The molecular formula is C39H51ClN2OS2Si. The van der Waals surface area contributed by atoms with E-state index in [0.29, 0.717) is 0 Å². The maximum Gasteiger partial charge on any atom is 0.0960 e. The van der Waals surface area contributed by atoms with E-state index in [1.165, 1.54) is 56.2 Å². The molecule has 0 bridgehead atoms. The summed E-state index contributed by atoms with van der Waals surface area (Å²) in [5.41, 5.74) is 3.34. The quantitative estimate of drug-likeness (QED) is 0.174. The molecule has 46 heavy (non-hydrogen) atoms. The molecule has 4 atom stereocenters. The van der Waals surface area contributed by atoms with Gasteiger partial charge >= 0.3 is 0 Å². The first-order chi connectivity index (χ1) is 21.7. The average molecular weight is 692 g/mol. The summed E-state index contributed by atoms with van der Waals surface area (Å²) in [7, 11) is -1.36. The number of nitrogens with zero attached hydrogens (tertiary/aromatic N) is 1. The van der Waals surface area contributed by atoms with Crippen LogP contribution >= 0.6 is 35.1 Å². The zero-order chi connectivity index (χ0) is 31.6. The number of rotatable bonds is 6. The fourth-order valence-corrected chi connectivity index (χ4v) is 11.5. The minimum absolute atomic E-state index is 0. The standard InChI is InChI=1S/C24H31NOSSi.C15H19NS.ClH/c1-18-16-25(17-19-9-6-5-7-10-19)14-13-24(18,26)21-12-8-11-20-15-22(27-23(20)21)28(2,3)4;1-2-11-10-16-8-6-13(11)14-5-3-4-12-7-9-17-15(12)14;/h5-12,15,18,26H,13-14,16-17H2,1-4H3;3-5,7,9,11,13,16H,2,6,8,10H2,1H3;1H/t;11-,13+;/m.1./s1. The fourth-order valence-electron chi connectivity index (χ4n) is 7.43. The highest BCUT2D eigenvalue weighted by Gasteiger charge is 2.41. The van der Waals surface area contributed by atoms with E-state index in [9.17, 15) is 5.11 Å². The molecule has 2 aliphatic rings. The minimum atomic E-state index is -1.36. The summed E-state index contributed by atoms with van der Waals surface area (Å²) in [6.07, 6.45) is 3.36. The van der Waals surface area contributed by atoms with Gasteiger partial charge in [-0.2, -0.15) is 0 Å². The summed E-state index contributed by atoms with van der Waals surface area (Å²) in [6, 6.07) is 28.6. The van der Waals surface area contributed by atoms with Crippen LogP contribution in [0.3, 0.4) is 0 Å². The van der Waals surface area contributed by atoms with Gasteiger partial charge in [-0.05, 0) is 81.7 Å². The monoisotopic (exact) mass is 690 g/mol. The van der Waals surface area contributed by atoms with Crippen molar-refractivity contribution in [2.24, 2.45) is 11.8 Å². The van der Waals surface area contributed by atoms with E-state index in [1.807, 2.05) is 22.7 Å². The SMILES string of the molecule is CC1CN(Cc2ccccc2)CCC1(O)c1cccc2cc([Si](C)(C)C)sc12.CC[C@@H]1CNCC[C@@H]1c1cccc2ccsc12.Cl. The lowest BCUT2D eigenvalue weighted by molar-refractivity contribution is -0.0716. The van der Waals surface area contributed by atoms with Crippen LogP contribution in [-0.4, -0.2) is 44.3 Å². The first kappa shape index (κ1) is 35.3. The molecule has 5 aromatic rings. The van der Waals surface area contributed by atoms with Crippen LogP contribution in [0.5, 0.6) is 0 Å². The van der Waals surface area contributed by atoms with Gasteiger partial charge in [-0.25, -0.2) is 0 Å². The predicted octanol–water partition coefficient (Wildman–Crippen LogP) is 9.60. The molecule has 3 aromatic carbocycles. The third kappa shape index (κ3) is 7.49. The highest BCUT2D eigenvalue weighted by Crippen LogP contribution is 2.42. The molecular weight excluding hydrogens is 640 g/mol. The molecule has 7 heteroatoms. The second-order valence-corrected chi connectivity index (χ2v) is 21.7. The van der Waals surface area contributed by atoms with Crippen molar-refractivity contribution in [2.75, 3.05) is 26.2 Å². The summed E-state index contributed by atoms with van der Waals surface area (Å²) in [4.78, 5) is 2.48. The highest BCUT2D eigenvalue weighted by molar-refractivity contribution is 7.31. The van der Waals surface area contributed by atoms with E-state index in [-0.39, 0.29) is 18.3 Å². The molecule has 0 aliphatic carbocycles. The molecule has 7 rings (SSSR count). The molecule has 2 aliphatic heterocycles. The van der Waals surface area contributed by atoms with Crippen LogP contribution in [0.1, 0.15) is 55.7 Å². The number of hydrogen-bond donors (Lipinski definition) is 2. The molecule has 2 aromatic heterocycles. The molecule has 0 spiro atoms. The molecule has 3 nitrogen and oxygen atoms in total. The first-order valence-corrected chi connectivity index (χ1v) is 22.1. The molecule has 0 saturated carbocycles. The van der Waals surface area contributed by atoms with Crippen LogP contribution in [0.15, 0.2) is 84.2 Å².